The molecule has 2 aromatic rings. The predicted octanol–water partition coefficient (Wildman–Crippen LogP) is 5.15. The van der Waals surface area contributed by atoms with Gasteiger partial charge in [-0.1, -0.05) is 53.5 Å². The summed E-state index contributed by atoms with van der Waals surface area (Å²) in [5.74, 6) is 0. The van der Waals surface area contributed by atoms with E-state index in [1.807, 2.05) is 36.4 Å². The number of rotatable bonds is 2. The molecule has 0 amide bonds. The van der Waals surface area contributed by atoms with Crippen LogP contribution in [0.2, 0.25) is 10.0 Å². The minimum absolute atomic E-state index is 0.461. The summed E-state index contributed by atoms with van der Waals surface area (Å²) < 4.78 is 0. The van der Waals surface area contributed by atoms with Crippen molar-refractivity contribution < 1.29 is 5.11 Å². The fourth-order valence-corrected chi connectivity index (χ4v) is 3.77. The molecule has 1 aliphatic rings. The van der Waals surface area contributed by atoms with Crippen molar-refractivity contribution in [1.82, 2.24) is 0 Å². The summed E-state index contributed by atoms with van der Waals surface area (Å²) in [7, 11) is 0. The van der Waals surface area contributed by atoms with Crippen LogP contribution in [-0.2, 0) is 18.4 Å². The van der Waals surface area contributed by atoms with Crippen LogP contribution < -0.4 is 0 Å². The standard InChI is InChI=1S/C18H18Cl2O/c19-16-9-5-10-17(20)14(16)12-18(21)11-4-3-7-13-6-1-2-8-15(13)18/h1-2,5-6,8-10,21H,3-4,7,11-12H2. The van der Waals surface area contributed by atoms with Gasteiger partial charge in [0.15, 0.2) is 0 Å². The number of benzene rings is 2. The van der Waals surface area contributed by atoms with Gasteiger partial charge in [0.2, 0.25) is 0 Å². The normalized spacial score (nSPS) is 21.7. The molecule has 1 unspecified atom stereocenters. The van der Waals surface area contributed by atoms with Gasteiger partial charge < -0.3 is 5.11 Å². The van der Waals surface area contributed by atoms with E-state index in [2.05, 4.69) is 6.07 Å². The molecule has 21 heavy (non-hydrogen) atoms. The van der Waals surface area contributed by atoms with E-state index in [1.54, 1.807) is 0 Å². The molecule has 0 aromatic heterocycles. The van der Waals surface area contributed by atoms with Gasteiger partial charge in [-0.2, -0.15) is 0 Å². The molecule has 1 atom stereocenters. The molecule has 3 heteroatoms. The van der Waals surface area contributed by atoms with E-state index in [-0.39, 0.29) is 0 Å². The highest BCUT2D eigenvalue weighted by atomic mass is 35.5. The molecule has 0 aliphatic heterocycles. The summed E-state index contributed by atoms with van der Waals surface area (Å²) in [5, 5.41) is 12.5. The first kappa shape index (κ1) is 14.9. The first-order chi connectivity index (χ1) is 10.1. The van der Waals surface area contributed by atoms with Crippen LogP contribution in [0.3, 0.4) is 0 Å². The molecule has 0 radical (unpaired) electrons. The maximum atomic E-state index is 11.3. The van der Waals surface area contributed by atoms with Crippen molar-refractivity contribution in [2.75, 3.05) is 0 Å². The van der Waals surface area contributed by atoms with Crippen LogP contribution in [-0.4, -0.2) is 5.11 Å². The lowest BCUT2D eigenvalue weighted by atomic mass is 9.83. The molecule has 0 saturated carbocycles. The van der Waals surface area contributed by atoms with Crippen molar-refractivity contribution in [3.63, 3.8) is 0 Å². The Morgan fingerprint density at radius 1 is 0.952 bits per heavy atom. The highest BCUT2D eigenvalue weighted by molar-refractivity contribution is 6.36. The second-order valence-corrected chi connectivity index (χ2v) is 6.59. The van der Waals surface area contributed by atoms with Crippen molar-refractivity contribution in [2.24, 2.45) is 0 Å². The van der Waals surface area contributed by atoms with Crippen LogP contribution in [0.4, 0.5) is 0 Å². The number of hydrogen-bond acceptors (Lipinski definition) is 1. The second-order valence-electron chi connectivity index (χ2n) is 5.77. The summed E-state index contributed by atoms with van der Waals surface area (Å²) in [6, 6.07) is 13.7. The zero-order valence-electron chi connectivity index (χ0n) is 11.8. The fraction of sp³-hybridized carbons (Fsp3) is 0.333. The van der Waals surface area contributed by atoms with Crippen LogP contribution in [0.1, 0.15) is 36.0 Å². The average molecular weight is 321 g/mol. The van der Waals surface area contributed by atoms with Gasteiger partial charge in [-0.25, -0.2) is 0 Å². The van der Waals surface area contributed by atoms with E-state index in [0.717, 1.165) is 36.8 Å². The van der Waals surface area contributed by atoms with Gasteiger partial charge in [0.05, 0.1) is 5.60 Å². The molecule has 1 aliphatic carbocycles. The highest BCUT2D eigenvalue weighted by Crippen LogP contribution is 2.39. The van der Waals surface area contributed by atoms with Crippen LogP contribution in [0, 0.1) is 0 Å². The Kier molecular flexibility index (Phi) is 4.26. The minimum Gasteiger partial charge on any atom is -0.385 e. The largest absolute Gasteiger partial charge is 0.385 e. The van der Waals surface area contributed by atoms with E-state index in [1.165, 1.54) is 5.56 Å². The molecule has 2 aromatic carbocycles. The van der Waals surface area contributed by atoms with E-state index in [9.17, 15) is 5.11 Å². The van der Waals surface area contributed by atoms with Crippen LogP contribution >= 0.6 is 23.2 Å². The number of fused-ring (bicyclic) bond motifs is 1. The predicted molar refractivity (Wildman–Crippen MR) is 88.1 cm³/mol. The average Bonchev–Trinajstić information content (AvgIpc) is 2.64. The maximum absolute atomic E-state index is 11.3. The summed E-state index contributed by atoms with van der Waals surface area (Å²) in [6.45, 7) is 0. The molecule has 0 fully saturated rings. The lowest BCUT2D eigenvalue weighted by Gasteiger charge is -2.30. The fourth-order valence-electron chi connectivity index (χ4n) is 3.24. The molecule has 0 saturated heterocycles. The summed E-state index contributed by atoms with van der Waals surface area (Å²) >= 11 is 12.6. The molecule has 1 N–H and O–H groups in total. The Morgan fingerprint density at radius 2 is 1.67 bits per heavy atom. The van der Waals surface area contributed by atoms with Crippen molar-refractivity contribution in [2.45, 2.75) is 37.7 Å². The number of hydrogen-bond donors (Lipinski definition) is 1. The first-order valence-corrected chi connectivity index (χ1v) is 8.09. The van der Waals surface area contributed by atoms with Crippen molar-refractivity contribution in [3.05, 3.63) is 69.2 Å². The number of halogens is 2. The quantitative estimate of drug-likeness (QED) is 0.758. The Morgan fingerprint density at radius 3 is 2.43 bits per heavy atom. The van der Waals surface area contributed by atoms with Gasteiger partial charge in [-0.15, -0.1) is 0 Å². The van der Waals surface area contributed by atoms with Crippen LogP contribution in [0.15, 0.2) is 42.5 Å². The van der Waals surface area contributed by atoms with E-state index >= 15 is 0 Å². The Labute approximate surface area is 135 Å². The molecule has 3 rings (SSSR count). The number of aryl methyl sites for hydroxylation is 1. The first-order valence-electron chi connectivity index (χ1n) is 7.34. The Bertz CT molecular complexity index is 633. The van der Waals surface area contributed by atoms with Gasteiger partial charge in [0, 0.05) is 16.5 Å². The zero-order chi connectivity index (χ0) is 14.9. The topological polar surface area (TPSA) is 20.2 Å². The van der Waals surface area contributed by atoms with Crippen molar-refractivity contribution in [1.29, 1.82) is 0 Å². The minimum atomic E-state index is -0.887. The molecular weight excluding hydrogens is 303 g/mol. The van der Waals surface area contributed by atoms with E-state index in [0.29, 0.717) is 16.5 Å². The third kappa shape index (κ3) is 2.96. The molecule has 0 bridgehead atoms. The monoisotopic (exact) mass is 320 g/mol. The third-order valence-electron chi connectivity index (χ3n) is 4.34. The van der Waals surface area contributed by atoms with Crippen molar-refractivity contribution >= 4 is 23.2 Å². The summed E-state index contributed by atoms with van der Waals surface area (Å²) in [6.07, 6.45) is 4.34. The maximum Gasteiger partial charge on any atom is 0.0940 e. The second kappa shape index (κ2) is 6.00. The van der Waals surface area contributed by atoms with Gasteiger partial charge in [0.1, 0.15) is 0 Å². The molecule has 0 spiro atoms. The van der Waals surface area contributed by atoms with Gasteiger partial charge in [-0.3, -0.25) is 0 Å². The lowest BCUT2D eigenvalue weighted by Crippen LogP contribution is -2.29. The van der Waals surface area contributed by atoms with Gasteiger partial charge in [-0.05, 0) is 54.5 Å². The smallest absolute Gasteiger partial charge is 0.0940 e. The zero-order valence-corrected chi connectivity index (χ0v) is 13.3. The summed E-state index contributed by atoms with van der Waals surface area (Å²) in [4.78, 5) is 0. The molecule has 1 nitrogen and oxygen atoms in total. The lowest BCUT2D eigenvalue weighted by molar-refractivity contribution is 0.0272. The highest BCUT2D eigenvalue weighted by Gasteiger charge is 2.34. The van der Waals surface area contributed by atoms with Gasteiger partial charge in [0.25, 0.3) is 0 Å². The van der Waals surface area contributed by atoms with E-state index < -0.39 is 5.60 Å². The van der Waals surface area contributed by atoms with Gasteiger partial charge >= 0.3 is 0 Å². The molecule has 0 heterocycles. The van der Waals surface area contributed by atoms with Crippen LogP contribution in [0.5, 0.6) is 0 Å². The van der Waals surface area contributed by atoms with E-state index in [4.69, 9.17) is 23.2 Å². The summed E-state index contributed by atoms with van der Waals surface area (Å²) in [5.41, 5.74) is 2.21. The SMILES string of the molecule is OC1(Cc2c(Cl)cccc2Cl)CCCCc2ccccc21. The van der Waals surface area contributed by atoms with Crippen molar-refractivity contribution in [3.8, 4) is 0 Å². The van der Waals surface area contributed by atoms with Crippen LogP contribution in [0.25, 0.3) is 0 Å². The molecular formula is C18H18Cl2O. The Balaban J connectivity index is 2.04. The number of aliphatic hydroxyl groups is 1. The third-order valence-corrected chi connectivity index (χ3v) is 5.04. The Hall–Kier alpha value is -1.02. The molecule has 110 valence electrons.